The normalized spacial score (nSPS) is 26.9. The van der Waals surface area contributed by atoms with Crippen molar-refractivity contribution in [3.05, 3.63) is 35.4 Å². The first-order chi connectivity index (χ1) is 9.70. The fraction of sp³-hybridized carbons (Fsp3) is 0.667. The Hall–Kier alpha value is -0.860. The van der Waals surface area contributed by atoms with Crippen molar-refractivity contribution in [1.82, 2.24) is 9.80 Å². The molecule has 0 unspecified atom stereocenters. The van der Waals surface area contributed by atoms with Gasteiger partial charge in [0.1, 0.15) is 0 Å². The van der Waals surface area contributed by atoms with Gasteiger partial charge in [0.25, 0.3) is 0 Å². The first kappa shape index (κ1) is 14.1. The fourth-order valence-corrected chi connectivity index (χ4v) is 3.77. The molecule has 0 radical (unpaired) electrons. The molecule has 2 aliphatic rings. The Morgan fingerprint density at radius 2 is 1.70 bits per heavy atom. The van der Waals surface area contributed by atoms with Gasteiger partial charge in [-0.3, -0.25) is 4.90 Å². The summed E-state index contributed by atoms with van der Waals surface area (Å²) in [7, 11) is 4.36. The average Bonchev–Trinajstić information content (AvgIpc) is 2.87. The summed E-state index contributed by atoms with van der Waals surface area (Å²) in [6.07, 6.45) is 5.52. The SMILES string of the molecule is CN(C)CC1CC(c2ccc(CN3CCCC3)cc2)C1. The minimum absolute atomic E-state index is 0.820. The van der Waals surface area contributed by atoms with Crippen LogP contribution in [-0.4, -0.2) is 43.5 Å². The van der Waals surface area contributed by atoms with E-state index in [2.05, 4.69) is 48.2 Å². The Kier molecular flexibility index (Phi) is 4.42. The second-order valence-electron chi connectivity index (χ2n) is 7.02. The fourth-order valence-electron chi connectivity index (χ4n) is 3.77. The number of nitrogens with zero attached hydrogens (tertiary/aromatic N) is 2. The lowest BCUT2D eigenvalue weighted by molar-refractivity contribution is 0.200. The summed E-state index contributed by atoms with van der Waals surface area (Å²) in [5.74, 6) is 1.74. The monoisotopic (exact) mass is 272 g/mol. The van der Waals surface area contributed by atoms with Crippen LogP contribution in [0, 0.1) is 5.92 Å². The minimum Gasteiger partial charge on any atom is -0.309 e. The highest BCUT2D eigenvalue weighted by Crippen LogP contribution is 2.41. The summed E-state index contributed by atoms with van der Waals surface area (Å²) in [6, 6.07) is 9.46. The van der Waals surface area contributed by atoms with Crippen LogP contribution in [0.25, 0.3) is 0 Å². The van der Waals surface area contributed by atoms with Crippen molar-refractivity contribution < 1.29 is 0 Å². The molecule has 1 heterocycles. The molecule has 1 aromatic carbocycles. The van der Waals surface area contributed by atoms with E-state index in [0.29, 0.717) is 0 Å². The van der Waals surface area contributed by atoms with Crippen LogP contribution in [0.2, 0.25) is 0 Å². The molecule has 1 saturated carbocycles. The average molecular weight is 272 g/mol. The van der Waals surface area contributed by atoms with Gasteiger partial charge in [0.15, 0.2) is 0 Å². The van der Waals surface area contributed by atoms with Gasteiger partial charge in [-0.25, -0.2) is 0 Å². The maximum Gasteiger partial charge on any atom is 0.0233 e. The van der Waals surface area contributed by atoms with Crippen molar-refractivity contribution in [3.63, 3.8) is 0 Å². The van der Waals surface area contributed by atoms with Gasteiger partial charge in [-0.1, -0.05) is 24.3 Å². The van der Waals surface area contributed by atoms with E-state index in [4.69, 9.17) is 0 Å². The molecule has 20 heavy (non-hydrogen) atoms. The third kappa shape index (κ3) is 3.42. The standard InChI is InChI=1S/C18H28N2/c1-19(2)13-16-11-18(12-16)17-7-5-15(6-8-17)14-20-9-3-4-10-20/h5-8,16,18H,3-4,9-14H2,1-2H3. The van der Waals surface area contributed by atoms with Crippen molar-refractivity contribution in [2.24, 2.45) is 5.92 Å². The molecule has 0 aromatic heterocycles. The van der Waals surface area contributed by atoms with E-state index in [9.17, 15) is 0 Å². The predicted octanol–water partition coefficient (Wildman–Crippen LogP) is 3.34. The largest absolute Gasteiger partial charge is 0.309 e. The Bertz CT molecular complexity index is 412. The van der Waals surface area contributed by atoms with E-state index in [1.807, 2.05) is 0 Å². The summed E-state index contributed by atoms with van der Waals surface area (Å²) in [5.41, 5.74) is 3.05. The van der Waals surface area contributed by atoms with Crippen LogP contribution in [0.3, 0.4) is 0 Å². The summed E-state index contributed by atoms with van der Waals surface area (Å²) in [6.45, 7) is 4.98. The maximum absolute atomic E-state index is 2.57. The molecule has 0 bridgehead atoms. The molecule has 2 fully saturated rings. The molecule has 1 aliphatic carbocycles. The topological polar surface area (TPSA) is 6.48 Å². The lowest BCUT2D eigenvalue weighted by atomic mass is 9.71. The van der Waals surface area contributed by atoms with Crippen LogP contribution in [0.1, 0.15) is 42.7 Å². The molecule has 1 aliphatic heterocycles. The van der Waals surface area contributed by atoms with Crippen LogP contribution in [0.15, 0.2) is 24.3 Å². The third-order valence-electron chi connectivity index (χ3n) is 4.92. The smallest absolute Gasteiger partial charge is 0.0233 e. The van der Waals surface area contributed by atoms with Gasteiger partial charge < -0.3 is 4.90 Å². The van der Waals surface area contributed by atoms with Crippen molar-refractivity contribution in [3.8, 4) is 0 Å². The summed E-state index contributed by atoms with van der Waals surface area (Å²) in [5, 5.41) is 0. The minimum atomic E-state index is 0.820. The molecule has 0 spiro atoms. The van der Waals surface area contributed by atoms with E-state index < -0.39 is 0 Å². The van der Waals surface area contributed by atoms with Crippen LogP contribution in [-0.2, 0) is 6.54 Å². The van der Waals surface area contributed by atoms with E-state index in [-0.39, 0.29) is 0 Å². The lowest BCUT2D eigenvalue weighted by Crippen LogP contribution is -2.31. The Balaban J connectivity index is 1.49. The second kappa shape index (κ2) is 6.28. The Morgan fingerprint density at radius 1 is 1.05 bits per heavy atom. The van der Waals surface area contributed by atoms with Gasteiger partial charge in [0, 0.05) is 13.1 Å². The highest BCUT2D eigenvalue weighted by molar-refractivity contribution is 5.27. The number of benzene rings is 1. The Labute approximate surface area is 123 Å². The molecule has 0 atom stereocenters. The van der Waals surface area contributed by atoms with Crippen molar-refractivity contribution >= 4 is 0 Å². The molecule has 0 N–H and O–H groups in total. The first-order valence-electron chi connectivity index (χ1n) is 8.16. The molecular weight excluding hydrogens is 244 g/mol. The van der Waals surface area contributed by atoms with Crippen LogP contribution in [0.5, 0.6) is 0 Å². The highest BCUT2D eigenvalue weighted by Gasteiger charge is 2.30. The molecule has 1 saturated heterocycles. The molecule has 0 amide bonds. The van der Waals surface area contributed by atoms with Crippen molar-refractivity contribution in [2.45, 2.75) is 38.1 Å². The zero-order chi connectivity index (χ0) is 13.9. The van der Waals surface area contributed by atoms with Gasteiger partial charge in [-0.2, -0.15) is 0 Å². The van der Waals surface area contributed by atoms with Crippen molar-refractivity contribution in [1.29, 1.82) is 0 Å². The van der Waals surface area contributed by atoms with Gasteiger partial charge >= 0.3 is 0 Å². The lowest BCUT2D eigenvalue weighted by Gasteiger charge is -2.37. The summed E-state index contributed by atoms with van der Waals surface area (Å²) < 4.78 is 0. The third-order valence-corrected chi connectivity index (χ3v) is 4.92. The zero-order valence-corrected chi connectivity index (χ0v) is 13.0. The predicted molar refractivity (Wildman–Crippen MR) is 85.0 cm³/mol. The molecule has 110 valence electrons. The summed E-state index contributed by atoms with van der Waals surface area (Å²) >= 11 is 0. The van der Waals surface area contributed by atoms with Crippen LogP contribution < -0.4 is 0 Å². The van der Waals surface area contributed by atoms with E-state index in [0.717, 1.165) is 18.4 Å². The van der Waals surface area contributed by atoms with Crippen molar-refractivity contribution in [2.75, 3.05) is 33.7 Å². The molecule has 1 aromatic rings. The molecule has 3 rings (SSSR count). The highest BCUT2D eigenvalue weighted by atomic mass is 15.1. The quantitative estimate of drug-likeness (QED) is 0.811. The van der Waals surface area contributed by atoms with E-state index in [1.165, 1.54) is 50.9 Å². The number of rotatable bonds is 5. The summed E-state index contributed by atoms with van der Waals surface area (Å²) in [4.78, 5) is 4.89. The van der Waals surface area contributed by atoms with E-state index >= 15 is 0 Å². The Morgan fingerprint density at radius 3 is 2.30 bits per heavy atom. The van der Waals surface area contributed by atoms with Crippen LogP contribution in [0.4, 0.5) is 0 Å². The van der Waals surface area contributed by atoms with Gasteiger partial charge in [-0.15, -0.1) is 0 Å². The molecule has 2 nitrogen and oxygen atoms in total. The maximum atomic E-state index is 2.57. The zero-order valence-electron chi connectivity index (χ0n) is 13.0. The van der Waals surface area contributed by atoms with Crippen LogP contribution >= 0.6 is 0 Å². The van der Waals surface area contributed by atoms with Gasteiger partial charge in [-0.05, 0) is 75.8 Å². The number of hydrogen-bond donors (Lipinski definition) is 0. The molecule has 2 heteroatoms. The van der Waals surface area contributed by atoms with E-state index in [1.54, 1.807) is 5.56 Å². The van der Waals surface area contributed by atoms with Gasteiger partial charge in [0.2, 0.25) is 0 Å². The first-order valence-corrected chi connectivity index (χ1v) is 8.16. The molecular formula is C18H28N2. The number of hydrogen-bond acceptors (Lipinski definition) is 2. The second-order valence-corrected chi connectivity index (χ2v) is 7.02. The van der Waals surface area contributed by atoms with Gasteiger partial charge in [0.05, 0.1) is 0 Å². The number of likely N-dealkylation sites (tertiary alicyclic amines) is 1.